The third kappa shape index (κ3) is 4.01. The summed E-state index contributed by atoms with van der Waals surface area (Å²) in [5.41, 5.74) is 2.32. The number of carbonyl (C=O) groups excluding carboxylic acids is 3. The van der Waals surface area contributed by atoms with Gasteiger partial charge in [0.25, 0.3) is 5.91 Å². The second kappa shape index (κ2) is 8.05. The molecular weight excluding hydrogens is 368 g/mol. The van der Waals surface area contributed by atoms with Gasteiger partial charge < -0.3 is 19.7 Å². The smallest absolute Gasteiger partial charge is 0.354 e. The van der Waals surface area contributed by atoms with E-state index in [0.29, 0.717) is 17.1 Å². The molecule has 1 aromatic carbocycles. The van der Waals surface area contributed by atoms with Crippen molar-refractivity contribution < 1.29 is 23.9 Å². The molecule has 1 N–H and O–H groups in total. The minimum Gasteiger partial charge on any atom is -0.466 e. The Balaban J connectivity index is 1.88. The van der Waals surface area contributed by atoms with Gasteiger partial charge in [0.15, 0.2) is 0 Å². The lowest BCUT2D eigenvalue weighted by molar-refractivity contribution is -0.138. The maximum atomic E-state index is 12.7. The lowest BCUT2D eigenvalue weighted by Gasteiger charge is -2.18. The van der Waals surface area contributed by atoms with Gasteiger partial charge >= 0.3 is 11.9 Å². The predicted octanol–water partition coefficient (Wildman–Crippen LogP) is 2.59. The van der Waals surface area contributed by atoms with Crippen LogP contribution in [0.15, 0.2) is 47.5 Å². The highest BCUT2D eigenvalue weighted by molar-refractivity contribution is 7.12. The average Bonchev–Trinajstić information content (AvgIpc) is 3.35. The van der Waals surface area contributed by atoms with Crippen LogP contribution < -0.4 is 10.2 Å². The molecule has 1 aliphatic rings. The van der Waals surface area contributed by atoms with Crippen molar-refractivity contribution in [3.63, 3.8) is 0 Å². The van der Waals surface area contributed by atoms with Crippen LogP contribution in [0, 0.1) is 0 Å². The second-order valence-corrected chi connectivity index (χ2v) is 6.67. The number of benzene rings is 1. The third-order valence-corrected chi connectivity index (χ3v) is 4.96. The van der Waals surface area contributed by atoms with Gasteiger partial charge in [0.2, 0.25) is 0 Å². The lowest BCUT2D eigenvalue weighted by Crippen LogP contribution is -2.28. The molecule has 0 bridgehead atoms. The van der Waals surface area contributed by atoms with Crippen molar-refractivity contribution in [3.8, 4) is 0 Å². The summed E-state index contributed by atoms with van der Waals surface area (Å²) in [7, 11) is 2.44. The van der Waals surface area contributed by atoms with Crippen molar-refractivity contribution >= 4 is 40.6 Å². The van der Waals surface area contributed by atoms with E-state index in [4.69, 9.17) is 4.74 Å². The highest BCUT2D eigenvalue weighted by atomic mass is 32.1. The Morgan fingerprint density at radius 1 is 1.19 bits per heavy atom. The number of ether oxygens (including phenoxy) is 2. The van der Waals surface area contributed by atoms with E-state index in [2.05, 4.69) is 10.1 Å². The fraction of sp³-hybridized carbons (Fsp3) is 0.211. The van der Waals surface area contributed by atoms with Crippen molar-refractivity contribution in [2.45, 2.75) is 6.42 Å². The number of rotatable bonds is 5. The molecule has 7 nitrogen and oxygen atoms in total. The molecule has 0 fully saturated rings. The summed E-state index contributed by atoms with van der Waals surface area (Å²) in [6, 6.07) is 9.09. The minimum absolute atomic E-state index is 0.0563. The van der Waals surface area contributed by atoms with E-state index in [1.807, 2.05) is 17.5 Å². The molecule has 27 heavy (non-hydrogen) atoms. The Morgan fingerprint density at radius 3 is 2.67 bits per heavy atom. The Labute approximate surface area is 160 Å². The standard InChI is InChI=1S/C19H18N2O5S/c1-25-17(22)11-14(19(24)26-2)20-13-6-5-12-7-8-21(15(12)10-13)18(23)16-4-3-9-27-16/h3-6,9-11,20H,7-8H2,1-2H3/b14-11+. The molecule has 8 heteroatoms. The summed E-state index contributed by atoms with van der Waals surface area (Å²) >= 11 is 1.40. The number of hydrogen-bond donors (Lipinski definition) is 1. The zero-order valence-electron chi connectivity index (χ0n) is 14.9. The number of esters is 2. The summed E-state index contributed by atoms with van der Waals surface area (Å²) in [5.74, 6) is -1.44. The normalized spacial score (nSPS) is 13.1. The molecule has 0 unspecified atom stereocenters. The van der Waals surface area contributed by atoms with E-state index < -0.39 is 11.9 Å². The molecule has 2 aromatic rings. The number of amides is 1. The van der Waals surface area contributed by atoms with Crippen LogP contribution in [0.1, 0.15) is 15.2 Å². The molecule has 1 amide bonds. The first-order valence-electron chi connectivity index (χ1n) is 8.16. The van der Waals surface area contributed by atoms with Gasteiger partial charge in [-0.15, -0.1) is 11.3 Å². The Hall–Kier alpha value is -3.13. The van der Waals surface area contributed by atoms with Crippen LogP contribution in [-0.2, 0) is 25.5 Å². The average molecular weight is 386 g/mol. The molecular formula is C19H18N2O5S. The third-order valence-electron chi connectivity index (χ3n) is 4.11. The molecule has 140 valence electrons. The first kappa shape index (κ1) is 18.7. The number of carbonyl (C=O) groups is 3. The van der Waals surface area contributed by atoms with Gasteiger partial charge in [-0.3, -0.25) is 4.79 Å². The van der Waals surface area contributed by atoms with E-state index >= 15 is 0 Å². The van der Waals surface area contributed by atoms with Crippen molar-refractivity contribution in [1.29, 1.82) is 0 Å². The molecule has 0 atom stereocenters. The predicted molar refractivity (Wildman–Crippen MR) is 102 cm³/mol. The number of thiophene rings is 1. The molecule has 1 aliphatic heterocycles. The van der Waals surface area contributed by atoms with E-state index in [0.717, 1.165) is 23.7 Å². The summed E-state index contributed by atoms with van der Waals surface area (Å²) in [5, 5.41) is 4.73. The van der Waals surface area contributed by atoms with Crippen LogP contribution in [0.25, 0.3) is 0 Å². The van der Waals surface area contributed by atoms with Gasteiger partial charge in [-0.1, -0.05) is 12.1 Å². The maximum absolute atomic E-state index is 12.7. The number of fused-ring (bicyclic) bond motifs is 1. The van der Waals surface area contributed by atoms with Gasteiger partial charge in [0, 0.05) is 17.9 Å². The summed E-state index contributed by atoms with van der Waals surface area (Å²) in [6.07, 6.45) is 1.78. The lowest BCUT2D eigenvalue weighted by atomic mass is 10.1. The number of nitrogens with zero attached hydrogens (tertiary/aromatic N) is 1. The van der Waals surface area contributed by atoms with E-state index in [1.165, 1.54) is 25.6 Å². The van der Waals surface area contributed by atoms with Crippen molar-refractivity contribution in [1.82, 2.24) is 0 Å². The fourth-order valence-corrected chi connectivity index (χ4v) is 3.46. The monoisotopic (exact) mass is 386 g/mol. The van der Waals surface area contributed by atoms with Gasteiger partial charge in [-0.2, -0.15) is 0 Å². The van der Waals surface area contributed by atoms with Crippen LogP contribution >= 0.6 is 11.3 Å². The van der Waals surface area contributed by atoms with Gasteiger partial charge in [0.1, 0.15) is 5.70 Å². The molecule has 0 saturated heterocycles. The highest BCUT2D eigenvalue weighted by Gasteiger charge is 2.26. The van der Waals surface area contributed by atoms with E-state index in [-0.39, 0.29) is 11.6 Å². The second-order valence-electron chi connectivity index (χ2n) is 5.73. The van der Waals surface area contributed by atoms with E-state index in [1.54, 1.807) is 23.1 Å². The maximum Gasteiger partial charge on any atom is 0.354 e. The van der Waals surface area contributed by atoms with Gasteiger partial charge in [-0.05, 0) is 35.6 Å². The quantitative estimate of drug-likeness (QED) is 0.628. The van der Waals surface area contributed by atoms with Crippen molar-refractivity contribution in [2.75, 3.05) is 31.0 Å². The molecule has 0 aliphatic carbocycles. The highest BCUT2D eigenvalue weighted by Crippen LogP contribution is 2.33. The number of nitrogens with one attached hydrogen (secondary N) is 1. The largest absolute Gasteiger partial charge is 0.466 e. The van der Waals surface area contributed by atoms with Crippen LogP contribution in [0.2, 0.25) is 0 Å². The first-order valence-corrected chi connectivity index (χ1v) is 9.04. The Bertz CT molecular complexity index is 905. The SMILES string of the molecule is COC(=O)/C=C(/Nc1ccc2c(c1)N(C(=O)c1cccs1)CC2)C(=O)OC. The van der Waals surface area contributed by atoms with Crippen LogP contribution in [-0.4, -0.2) is 38.6 Å². The van der Waals surface area contributed by atoms with Gasteiger partial charge in [0.05, 0.1) is 25.2 Å². The first-order chi connectivity index (χ1) is 13.0. The zero-order valence-corrected chi connectivity index (χ0v) is 15.7. The molecule has 0 saturated carbocycles. The Morgan fingerprint density at radius 2 is 2.00 bits per heavy atom. The molecule has 3 rings (SSSR count). The molecule has 0 radical (unpaired) electrons. The van der Waals surface area contributed by atoms with Crippen molar-refractivity contribution in [2.24, 2.45) is 0 Å². The van der Waals surface area contributed by atoms with Crippen LogP contribution in [0.3, 0.4) is 0 Å². The van der Waals surface area contributed by atoms with Crippen molar-refractivity contribution in [3.05, 3.63) is 57.9 Å². The van der Waals surface area contributed by atoms with Gasteiger partial charge in [-0.25, -0.2) is 9.59 Å². The zero-order chi connectivity index (χ0) is 19.4. The molecule has 0 spiro atoms. The topological polar surface area (TPSA) is 84.9 Å². The molecule has 2 heterocycles. The van der Waals surface area contributed by atoms with Crippen LogP contribution in [0.5, 0.6) is 0 Å². The van der Waals surface area contributed by atoms with E-state index in [9.17, 15) is 14.4 Å². The Kier molecular flexibility index (Phi) is 5.56. The number of anilines is 2. The number of hydrogen-bond acceptors (Lipinski definition) is 7. The number of methoxy groups -OCH3 is 2. The summed E-state index contributed by atoms with van der Waals surface area (Å²) < 4.78 is 9.25. The minimum atomic E-state index is -0.701. The fourth-order valence-electron chi connectivity index (χ4n) is 2.79. The summed E-state index contributed by atoms with van der Waals surface area (Å²) in [4.78, 5) is 38.5. The summed E-state index contributed by atoms with van der Waals surface area (Å²) in [6.45, 7) is 0.595. The molecule has 1 aromatic heterocycles. The van der Waals surface area contributed by atoms with Crippen LogP contribution in [0.4, 0.5) is 11.4 Å².